The maximum absolute atomic E-state index is 15.0. The monoisotopic (exact) mass is 781 g/mol. The van der Waals surface area contributed by atoms with Gasteiger partial charge >= 0.3 is 0 Å². The van der Waals surface area contributed by atoms with Crippen molar-refractivity contribution in [3.8, 4) is 5.75 Å². The molecular formula is C42H56ClN3O7S. The van der Waals surface area contributed by atoms with Gasteiger partial charge in [0.25, 0.3) is 5.91 Å². The highest BCUT2D eigenvalue weighted by Crippen LogP contribution is 2.47. The van der Waals surface area contributed by atoms with Crippen LogP contribution in [0.15, 0.2) is 71.0 Å². The van der Waals surface area contributed by atoms with E-state index in [1.165, 1.54) is 17.2 Å². The molecule has 10 nitrogen and oxygen atoms in total. The molecule has 1 N–H and O–H groups in total. The van der Waals surface area contributed by atoms with Crippen LogP contribution in [0.5, 0.6) is 5.75 Å². The topological polar surface area (TPSA) is 116 Å². The average Bonchev–Trinajstić information content (AvgIpc) is 3.29. The molecule has 12 heteroatoms. The molecule has 2 amide bonds. The Balaban J connectivity index is 1.41. The standard InChI is InChI=1S/C42H56ClN3O7S/c1-7-21-52-41(5,6)40(48)45-54(49,44-39(47)28(3)4)32-16-19-37-35(24-32)46(25-30-14-17-33(30)36(8-2)53-38-13-9-10-22-50-38)26-42(27-51-37)20-11-12-29-23-31(43)15-18-34(29)42/h7-8,15-16,18-19,23-24,28,30,33,36,38H,1-2,9-14,17,20-22,25-27H2,3-6H3,(H,44,45,47,48,49)/t30-,33+,36-,38?,42-,54?/m0/s1. The smallest absolute Gasteiger partial charge is 0.287 e. The molecule has 54 heavy (non-hydrogen) atoms. The lowest BCUT2D eigenvalue weighted by Crippen LogP contribution is -2.50. The largest absolute Gasteiger partial charge is 0.490 e. The molecule has 6 rings (SSSR count). The van der Waals surface area contributed by atoms with Gasteiger partial charge in [0.15, 0.2) is 16.2 Å². The van der Waals surface area contributed by atoms with Gasteiger partial charge in [-0.25, -0.2) is 4.21 Å². The molecule has 2 fully saturated rings. The first-order valence-electron chi connectivity index (χ1n) is 19.4. The van der Waals surface area contributed by atoms with Crippen LogP contribution in [0.25, 0.3) is 0 Å². The van der Waals surface area contributed by atoms with Crippen molar-refractivity contribution in [3.63, 3.8) is 0 Å². The number of anilines is 1. The van der Waals surface area contributed by atoms with Crippen molar-refractivity contribution >= 4 is 39.0 Å². The molecule has 0 bridgehead atoms. The minimum Gasteiger partial charge on any atom is -0.490 e. The molecule has 1 saturated carbocycles. The lowest BCUT2D eigenvalue weighted by Gasteiger charge is -2.46. The summed E-state index contributed by atoms with van der Waals surface area (Å²) < 4.78 is 46.6. The molecule has 4 aliphatic rings. The van der Waals surface area contributed by atoms with Crippen molar-refractivity contribution in [3.05, 3.63) is 77.9 Å². The number of nitrogens with zero attached hydrogens (tertiary/aromatic N) is 2. The number of hydrogen-bond acceptors (Lipinski definition) is 8. The minimum atomic E-state index is -3.81. The van der Waals surface area contributed by atoms with E-state index in [4.69, 9.17) is 30.5 Å². The predicted molar refractivity (Wildman–Crippen MR) is 212 cm³/mol. The van der Waals surface area contributed by atoms with E-state index >= 15 is 0 Å². The second-order valence-electron chi connectivity index (χ2n) is 16.0. The Labute approximate surface area is 326 Å². The number of ether oxygens (including phenoxy) is 4. The number of aryl methyl sites for hydroxylation is 1. The quantitative estimate of drug-likeness (QED) is 0.204. The zero-order chi connectivity index (χ0) is 38.7. The van der Waals surface area contributed by atoms with Gasteiger partial charge in [0.2, 0.25) is 5.91 Å². The third kappa shape index (κ3) is 8.76. The summed E-state index contributed by atoms with van der Waals surface area (Å²) in [4.78, 5) is 29.3. The van der Waals surface area contributed by atoms with Gasteiger partial charge < -0.3 is 23.8 Å². The van der Waals surface area contributed by atoms with Gasteiger partial charge in [0.05, 0.1) is 29.9 Å². The van der Waals surface area contributed by atoms with E-state index in [0.717, 1.165) is 62.1 Å². The molecule has 294 valence electrons. The SMILES string of the molecule is C=CCOC(C)(C)C(=O)N=S(=O)(NC(=O)C(C)C)c1ccc2c(c1)N(C[C@@H]1CC[C@H]1[C@H](C=C)OC1CCCCO1)C[C@@]1(CCCc3cc(Cl)ccc31)CO2. The third-order valence-electron chi connectivity index (χ3n) is 11.4. The normalized spacial score (nSPS) is 25.5. The lowest BCUT2D eigenvalue weighted by atomic mass is 9.68. The molecule has 0 radical (unpaired) electrons. The minimum absolute atomic E-state index is 0.101. The summed E-state index contributed by atoms with van der Waals surface area (Å²) in [5.74, 6) is -0.593. The van der Waals surface area contributed by atoms with E-state index < -0.39 is 33.2 Å². The average molecular weight is 782 g/mol. The van der Waals surface area contributed by atoms with E-state index in [-0.39, 0.29) is 41.1 Å². The van der Waals surface area contributed by atoms with E-state index in [2.05, 4.69) is 39.3 Å². The fourth-order valence-corrected chi connectivity index (χ4v) is 10.0. The van der Waals surface area contributed by atoms with E-state index in [0.29, 0.717) is 32.1 Å². The van der Waals surface area contributed by atoms with E-state index in [9.17, 15) is 13.8 Å². The van der Waals surface area contributed by atoms with Crippen molar-refractivity contribution < 1.29 is 32.7 Å². The predicted octanol–water partition coefficient (Wildman–Crippen LogP) is 7.96. The van der Waals surface area contributed by atoms with Crippen molar-refractivity contribution in [1.29, 1.82) is 0 Å². The second kappa shape index (κ2) is 16.9. The molecule has 1 saturated heterocycles. The first-order valence-corrected chi connectivity index (χ1v) is 21.3. The van der Waals surface area contributed by atoms with Gasteiger partial charge in [0, 0.05) is 36.1 Å². The Morgan fingerprint density at radius 3 is 2.65 bits per heavy atom. The first-order chi connectivity index (χ1) is 25.8. The van der Waals surface area contributed by atoms with E-state index in [1.54, 1.807) is 45.9 Å². The zero-order valence-electron chi connectivity index (χ0n) is 32.2. The fourth-order valence-electron chi connectivity index (χ4n) is 8.07. The van der Waals surface area contributed by atoms with Gasteiger partial charge in [-0.3, -0.25) is 14.3 Å². The number of fused-ring (bicyclic) bond motifs is 3. The highest BCUT2D eigenvalue weighted by Gasteiger charge is 2.45. The van der Waals surface area contributed by atoms with Crippen LogP contribution in [-0.2, 0) is 45.6 Å². The number of halogens is 1. The Kier molecular flexibility index (Phi) is 12.6. The number of nitrogens with one attached hydrogen (secondary N) is 1. The van der Waals surface area contributed by atoms with E-state index in [1.807, 2.05) is 12.1 Å². The van der Waals surface area contributed by atoms with Gasteiger partial charge in [-0.2, -0.15) is 0 Å². The molecule has 0 aromatic heterocycles. The molecule has 2 unspecified atom stereocenters. The van der Waals surface area contributed by atoms with Gasteiger partial charge in [-0.1, -0.05) is 43.7 Å². The molecule has 2 aliphatic carbocycles. The Hall–Kier alpha value is -3.22. The molecular weight excluding hydrogens is 726 g/mol. The van der Waals surface area contributed by atoms with Gasteiger partial charge in [-0.15, -0.1) is 17.5 Å². The number of amides is 2. The summed E-state index contributed by atoms with van der Waals surface area (Å²) in [6.07, 6.45) is 11.0. The van der Waals surface area contributed by atoms with Crippen molar-refractivity contribution in [1.82, 2.24) is 4.72 Å². The summed E-state index contributed by atoms with van der Waals surface area (Å²) in [6.45, 7) is 16.9. The van der Waals surface area contributed by atoms with Crippen LogP contribution in [0.3, 0.4) is 0 Å². The third-order valence-corrected chi connectivity index (χ3v) is 13.4. The first kappa shape index (κ1) is 40.4. The molecule has 6 atom stereocenters. The Morgan fingerprint density at radius 2 is 1.96 bits per heavy atom. The summed E-state index contributed by atoms with van der Waals surface area (Å²) in [6, 6.07) is 11.4. The van der Waals surface area contributed by atoms with Crippen LogP contribution in [0, 0.1) is 17.8 Å². The van der Waals surface area contributed by atoms with Crippen LogP contribution in [0.4, 0.5) is 5.69 Å². The van der Waals surface area contributed by atoms with Crippen molar-refractivity contribution in [2.24, 2.45) is 22.1 Å². The lowest BCUT2D eigenvalue weighted by molar-refractivity contribution is -0.197. The van der Waals surface area contributed by atoms with Crippen molar-refractivity contribution in [2.45, 2.75) is 107 Å². The van der Waals surface area contributed by atoms with Crippen molar-refractivity contribution in [2.75, 3.05) is 37.8 Å². The van der Waals surface area contributed by atoms with Crippen LogP contribution in [0.2, 0.25) is 5.02 Å². The summed E-state index contributed by atoms with van der Waals surface area (Å²) >= 11 is 6.49. The summed E-state index contributed by atoms with van der Waals surface area (Å²) in [5.41, 5.74) is 1.46. The second-order valence-corrected chi connectivity index (χ2v) is 18.4. The maximum atomic E-state index is 15.0. The number of rotatable bonds is 13. The summed E-state index contributed by atoms with van der Waals surface area (Å²) in [5, 5.41) is 0.717. The van der Waals surface area contributed by atoms with Gasteiger partial charge in [0.1, 0.15) is 11.4 Å². The molecule has 1 spiro atoms. The molecule has 2 aliphatic heterocycles. The zero-order valence-corrected chi connectivity index (χ0v) is 33.7. The maximum Gasteiger partial charge on any atom is 0.287 e. The highest BCUT2D eigenvalue weighted by atomic mass is 35.5. The van der Waals surface area contributed by atoms with Crippen LogP contribution < -0.4 is 14.4 Å². The molecule has 2 aromatic rings. The highest BCUT2D eigenvalue weighted by molar-refractivity contribution is 7.92. The Bertz CT molecular complexity index is 1850. The molecule has 2 heterocycles. The number of hydrogen-bond donors (Lipinski definition) is 1. The summed E-state index contributed by atoms with van der Waals surface area (Å²) in [7, 11) is -3.81. The van der Waals surface area contributed by atoms with Gasteiger partial charge in [-0.05, 0) is 119 Å². The van der Waals surface area contributed by atoms with Crippen LogP contribution in [-0.4, -0.2) is 66.9 Å². The van der Waals surface area contributed by atoms with Crippen LogP contribution in [0.1, 0.15) is 83.8 Å². The van der Waals surface area contributed by atoms with Crippen LogP contribution >= 0.6 is 11.6 Å². The number of benzene rings is 2. The Morgan fingerprint density at radius 1 is 1.15 bits per heavy atom. The molecule has 2 aromatic carbocycles. The number of carbonyl (C=O) groups is 2. The fraction of sp³-hybridized carbons (Fsp3) is 0.571. The number of carbonyl (C=O) groups excluding carboxylic acids is 2.